The van der Waals surface area contributed by atoms with Gasteiger partial charge in [0.15, 0.2) is 5.13 Å². The Bertz CT molecular complexity index is 1480. The van der Waals surface area contributed by atoms with E-state index in [0.29, 0.717) is 23.2 Å². The Morgan fingerprint density at radius 2 is 1.89 bits per heavy atom. The third-order valence-corrected chi connectivity index (χ3v) is 6.11. The minimum Gasteiger partial charge on any atom is -0.497 e. The summed E-state index contributed by atoms with van der Waals surface area (Å²) in [4.78, 5) is 30.9. The van der Waals surface area contributed by atoms with Gasteiger partial charge in [0.25, 0.3) is 0 Å². The number of nitro groups is 1. The molecule has 5 aromatic rings. The van der Waals surface area contributed by atoms with E-state index in [2.05, 4.69) is 25.3 Å². The summed E-state index contributed by atoms with van der Waals surface area (Å²) in [6, 6.07) is 20.5. The third kappa shape index (κ3) is 4.70. The molecule has 0 bridgehead atoms. The van der Waals surface area contributed by atoms with Crippen molar-refractivity contribution < 1.29 is 9.66 Å². The number of pyridine rings is 1. The van der Waals surface area contributed by atoms with Crippen molar-refractivity contribution in [2.75, 3.05) is 17.3 Å². The number of anilines is 4. The second kappa shape index (κ2) is 9.69. The highest BCUT2D eigenvalue weighted by Gasteiger charge is 2.29. The molecule has 174 valence electrons. The molecule has 0 radical (unpaired) electrons. The van der Waals surface area contributed by atoms with Crippen LogP contribution in [0.4, 0.5) is 28.3 Å². The van der Waals surface area contributed by atoms with Gasteiger partial charge in [0.05, 0.1) is 28.8 Å². The highest BCUT2D eigenvalue weighted by atomic mass is 32.1. The molecule has 0 saturated carbocycles. The molecule has 0 aliphatic carbocycles. The standard InChI is InChI=1S/C24H19N7O3S/c1-34-17-10-11-18-19(13-17)35-24(28-18)29-22-21(31(32)33)23(27-15-26-22)30(20-9-5-6-12-25-20)14-16-7-3-2-4-8-16/h2-13,15H,14H2,1H3,(H,26,27,28,29). The van der Waals surface area contributed by atoms with Crippen molar-refractivity contribution in [3.8, 4) is 5.75 Å². The zero-order valence-corrected chi connectivity index (χ0v) is 19.3. The number of nitrogens with zero attached hydrogens (tertiary/aromatic N) is 6. The first kappa shape index (κ1) is 22.2. The van der Waals surface area contributed by atoms with Crippen LogP contribution in [0.15, 0.2) is 79.3 Å². The van der Waals surface area contributed by atoms with Crippen LogP contribution in [0.2, 0.25) is 0 Å². The highest BCUT2D eigenvalue weighted by molar-refractivity contribution is 7.22. The molecule has 5 rings (SSSR count). The maximum Gasteiger partial charge on any atom is 0.354 e. The molecule has 0 aliphatic heterocycles. The van der Waals surface area contributed by atoms with Gasteiger partial charge in [-0.05, 0) is 35.9 Å². The van der Waals surface area contributed by atoms with Crippen molar-refractivity contribution in [1.82, 2.24) is 19.9 Å². The Morgan fingerprint density at radius 1 is 1.06 bits per heavy atom. The van der Waals surface area contributed by atoms with Crippen LogP contribution in [0.25, 0.3) is 10.2 Å². The SMILES string of the molecule is COc1ccc2nc(Nc3ncnc(N(Cc4ccccc4)c4ccccn4)c3[N+](=O)[O-])sc2c1. The van der Waals surface area contributed by atoms with Crippen molar-refractivity contribution >= 4 is 49.8 Å². The lowest BCUT2D eigenvalue weighted by Crippen LogP contribution is -2.21. The van der Waals surface area contributed by atoms with Gasteiger partial charge >= 0.3 is 5.69 Å². The summed E-state index contributed by atoms with van der Waals surface area (Å²) < 4.78 is 6.15. The second-order valence-electron chi connectivity index (χ2n) is 7.39. The lowest BCUT2D eigenvalue weighted by Gasteiger charge is -2.23. The van der Waals surface area contributed by atoms with Crippen LogP contribution >= 0.6 is 11.3 Å². The number of fused-ring (bicyclic) bond motifs is 1. The van der Waals surface area contributed by atoms with Gasteiger partial charge in [-0.1, -0.05) is 47.7 Å². The van der Waals surface area contributed by atoms with Crippen molar-refractivity contribution in [3.05, 3.63) is 94.9 Å². The molecule has 3 aromatic heterocycles. The number of benzene rings is 2. The maximum absolute atomic E-state index is 12.3. The fourth-order valence-electron chi connectivity index (χ4n) is 3.56. The minimum atomic E-state index is -0.491. The molecule has 2 aromatic carbocycles. The lowest BCUT2D eigenvalue weighted by molar-refractivity contribution is -0.383. The van der Waals surface area contributed by atoms with E-state index in [1.165, 1.54) is 17.7 Å². The number of methoxy groups -OCH3 is 1. The van der Waals surface area contributed by atoms with E-state index < -0.39 is 4.92 Å². The summed E-state index contributed by atoms with van der Waals surface area (Å²) in [5, 5.41) is 15.8. The highest BCUT2D eigenvalue weighted by Crippen LogP contribution is 2.38. The van der Waals surface area contributed by atoms with Gasteiger partial charge in [-0.2, -0.15) is 0 Å². The Labute approximate surface area is 204 Å². The Kier molecular flexibility index (Phi) is 6.14. The molecule has 0 fully saturated rings. The second-order valence-corrected chi connectivity index (χ2v) is 8.42. The summed E-state index contributed by atoms with van der Waals surface area (Å²) in [5.41, 5.74) is 1.42. The predicted octanol–water partition coefficient (Wildman–Crippen LogP) is 5.48. The van der Waals surface area contributed by atoms with Crippen molar-refractivity contribution in [2.45, 2.75) is 6.54 Å². The summed E-state index contributed by atoms with van der Waals surface area (Å²) in [7, 11) is 1.59. The van der Waals surface area contributed by atoms with Crippen LogP contribution in [0.1, 0.15) is 5.56 Å². The average Bonchev–Trinajstić information content (AvgIpc) is 3.29. The van der Waals surface area contributed by atoms with Crippen LogP contribution in [-0.4, -0.2) is 32.0 Å². The van der Waals surface area contributed by atoms with Crippen LogP contribution in [-0.2, 0) is 6.54 Å². The van der Waals surface area contributed by atoms with E-state index in [0.717, 1.165) is 15.8 Å². The molecule has 3 heterocycles. The number of hydrogen-bond acceptors (Lipinski definition) is 10. The van der Waals surface area contributed by atoms with Crippen molar-refractivity contribution in [3.63, 3.8) is 0 Å². The smallest absolute Gasteiger partial charge is 0.354 e. The topological polar surface area (TPSA) is 119 Å². The summed E-state index contributed by atoms with van der Waals surface area (Å²) in [5.74, 6) is 1.39. The zero-order chi connectivity index (χ0) is 24.2. The normalized spacial score (nSPS) is 10.8. The van der Waals surface area contributed by atoms with Gasteiger partial charge in [0.2, 0.25) is 11.6 Å². The number of nitrogens with one attached hydrogen (secondary N) is 1. The molecule has 11 heteroatoms. The van der Waals surface area contributed by atoms with Crippen molar-refractivity contribution in [1.29, 1.82) is 0 Å². The molecular weight excluding hydrogens is 466 g/mol. The molecule has 0 atom stereocenters. The number of rotatable bonds is 8. The number of hydrogen-bond donors (Lipinski definition) is 1. The van der Waals surface area contributed by atoms with Crippen LogP contribution < -0.4 is 15.0 Å². The van der Waals surface area contributed by atoms with Crippen LogP contribution in [0.5, 0.6) is 5.75 Å². The van der Waals surface area contributed by atoms with Gasteiger partial charge in [0.1, 0.15) is 17.9 Å². The van der Waals surface area contributed by atoms with E-state index in [-0.39, 0.29) is 17.3 Å². The first-order chi connectivity index (χ1) is 17.1. The zero-order valence-electron chi connectivity index (χ0n) is 18.5. The minimum absolute atomic E-state index is 0.0417. The van der Waals surface area contributed by atoms with E-state index in [1.54, 1.807) is 30.3 Å². The first-order valence-corrected chi connectivity index (χ1v) is 11.4. The fourth-order valence-corrected chi connectivity index (χ4v) is 4.45. The molecule has 10 nitrogen and oxygen atoms in total. The molecule has 35 heavy (non-hydrogen) atoms. The molecule has 0 aliphatic rings. The van der Waals surface area contributed by atoms with E-state index in [4.69, 9.17) is 4.74 Å². The Balaban J connectivity index is 1.57. The first-order valence-electron chi connectivity index (χ1n) is 10.6. The van der Waals surface area contributed by atoms with E-state index in [9.17, 15) is 10.1 Å². The van der Waals surface area contributed by atoms with Crippen molar-refractivity contribution in [2.24, 2.45) is 0 Å². The molecule has 0 amide bonds. The number of ether oxygens (including phenoxy) is 1. The number of thiazole rings is 1. The molecular formula is C24H19N7O3S. The quantitative estimate of drug-likeness (QED) is 0.225. The fraction of sp³-hybridized carbons (Fsp3) is 0.0833. The van der Waals surface area contributed by atoms with Gasteiger partial charge in [-0.3, -0.25) is 10.1 Å². The predicted molar refractivity (Wildman–Crippen MR) is 135 cm³/mol. The van der Waals surface area contributed by atoms with Gasteiger partial charge in [0, 0.05) is 6.20 Å². The molecule has 1 N–H and O–H groups in total. The van der Waals surface area contributed by atoms with E-state index in [1.807, 2.05) is 54.6 Å². The number of aromatic nitrogens is 4. The molecule has 0 saturated heterocycles. The van der Waals surface area contributed by atoms with Gasteiger partial charge < -0.3 is 15.0 Å². The lowest BCUT2D eigenvalue weighted by atomic mass is 10.2. The average molecular weight is 486 g/mol. The van der Waals surface area contributed by atoms with Crippen LogP contribution in [0.3, 0.4) is 0 Å². The summed E-state index contributed by atoms with van der Waals surface area (Å²) >= 11 is 1.34. The summed E-state index contributed by atoms with van der Waals surface area (Å²) in [6.45, 7) is 0.329. The maximum atomic E-state index is 12.3. The third-order valence-electron chi connectivity index (χ3n) is 5.17. The largest absolute Gasteiger partial charge is 0.497 e. The monoisotopic (exact) mass is 485 g/mol. The Hall–Kier alpha value is -4.64. The van der Waals surface area contributed by atoms with Gasteiger partial charge in [-0.25, -0.2) is 19.9 Å². The van der Waals surface area contributed by atoms with Gasteiger partial charge in [-0.15, -0.1) is 0 Å². The Morgan fingerprint density at radius 3 is 2.63 bits per heavy atom. The van der Waals surface area contributed by atoms with E-state index >= 15 is 0 Å². The summed E-state index contributed by atoms with van der Waals surface area (Å²) in [6.07, 6.45) is 2.93. The molecule has 0 unspecified atom stereocenters. The molecule has 0 spiro atoms. The van der Waals surface area contributed by atoms with Crippen LogP contribution in [0, 0.1) is 10.1 Å².